The van der Waals surface area contributed by atoms with Crippen LogP contribution >= 0.6 is 15.9 Å². The van der Waals surface area contributed by atoms with Crippen LogP contribution < -0.4 is 10.1 Å². The lowest BCUT2D eigenvalue weighted by Gasteiger charge is -2.31. The Balaban J connectivity index is 1.53. The minimum atomic E-state index is -3.41. The first kappa shape index (κ1) is 22.8. The van der Waals surface area contributed by atoms with Crippen molar-refractivity contribution in [2.24, 2.45) is 5.92 Å². The van der Waals surface area contributed by atoms with Gasteiger partial charge in [0.05, 0.1) is 18.9 Å². The topological polar surface area (TPSA) is 75.7 Å². The highest BCUT2D eigenvalue weighted by Gasteiger charge is 2.31. The van der Waals surface area contributed by atoms with Gasteiger partial charge in [-0.2, -0.15) is 0 Å². The van der Waals surface area contributed by atoms with E-state index in [-0.39, 0.29) is 23.6 Å². The molecule has 1 fully saturated rings. The van der Waals surface area contributed by atoms with Crippen molar-refractivity contribution in [3.05, 3.63) is 64.1 Å². The summed E-state index contributed by atoms with van der Waals surface area (Å²) in [5, 5.41) is 3.05. The third-order valence-electron chi connectivity index (χ3n) is 5.43. The summed E-state index contributed by atoms with van der Waals surface area (Å²) in [4.78, 5) is 12.7. The molecular weight excluding hydrogens is 468 g/mol. The fraction of sp³-hybridized carbons (Fsp3) is 0.409. The van der Waals surface area contributed by atoms with Crippen LogP contribution in [0.5, 0.6) is 5.75 Å². The van der Waals surface area contributed by atoms with Gasteiger partial charge in [-0.3, -0.25) is 4.79 Å². The molecule has 1 heterocycles. The fourth-order valence-corrected chi connectivity index (χ4v) is 5.63. The maximum absolute atomic E-state index is 12.8. The molecule has 1 amide bonds. The second-order valence-corrected chi connectivity index (χ2v) is 10.4. The van der Waals surface area contributed by atoms with E-state index in [4.69, 9.17) is 4.74 Å². The molecule has 0 spiro atoms. The molecule has 2 aromatic rings. The number of carbonyl (C=O) groups is 1. The van der Waals surface area contributed by atoms with Crippen LogP contribution in [-0.4, -0.2) is 38.8 Å². The number of sulfonamides is 1. The largest absolute Gasteiger partial charge is 0.497 e. The molecule has 1 aliphatic rings. The van der Waals surface area contributed by atoms with Crippen LogP contribution in [0.4, 0.5) is 0 Å². The van der Waals surface area contributed by atoms with Gasteiger partial charge >= 0.3 is 0 Å². The van der Waals surface area contributed by atoms with Gasteiger partial charge in [-0.1, -0.05) is 40.2 Å². The number of nitrogens with zero attached hydrogens (tertiary/aromatic N) is 1. The summed E-state index contributed by atoms with van der Waals surface area (Å²) >= 11 is 3.37. The van der Waals surface area contributed by atoms with Gasteiger partial charge in [0.25, 0.3) is 0 Å². The first-order valence-electron chi connectivity index (χ1n) is 9.95. The van der Waals surface area contributed by atoms with Gasteiger partial charge in [-0.15, -0.1) is 0 Å². The van der Waals surface area contributed by atoms with E-state index in [2.05, 4.69) is 21.2 Å². The molecule has 162 valence electrons. The van der Waals surface area contributed by atoms with E-state index in [1.54, 1.807) is 7.11 Å². The van der Waals surface area contributed by atoms with Crippen molar-refractivity contribution in [2.45, 2.75) is 31.6 Å². The molecule has 1 N–H and O–H groups in total. The van der Waals surface area contributed by atoms with E-state index >= 15 is 0 Å². The van der Waals surface area contributed by atoms with Gasteiger partial charge in [-0.05, 0) is 55.2 Å². The number of hydrogen-bond acceptors (Lipinski definition) is 4. The molecule has 0 aromatic heterocycles. The van der Waals surface area contributed by atoms with Crippen LogP contribution in [0.1, 0.15) is 36.9 Å². The summed E-state index contributed by atoms with van der Waals surface area (Å²) in [5.41, 5.74) is 1.75. The number of ether oxygens (including phenoxy) is 1. The van der Waals surface area contributed by atoms with Crippen molar-refractivity contribution in [3.8, 4) is 5.75 Å². The summed E-state index contributed by atoms with van der Waals surface area (Å²) in [6.07, 6.45) is 1.05. The lowest BCUT2D eigenvalue weighted by Crippen LogP contribution is -2.43. The van der Waals surface area contributed by atoms with E-state index < -0.39 is 10.0 Å². The molecule has 8 heteroatoms. The van der Waals surface area contributed by atoms with Crippen molar-refractivity contribution in [1.29, 1.82) is 0 Å². The number of piperidine rings is 1. The van der Waals surface area contributed by atoms with Gasteiger partial charge in [0.15, 0.2) is 0 Å². The van der Waals surface area contributed by atoms with Crippen LogP contribution in [0, 0.1) is 5.92 Å². The molecule has 30 heavy (non-hydrogen) atoms. The lowest BCUT2D eigenvalue weighted by molar-refractivity contribution is -0.126. The second kappa shape index (κ2) is 9.94. The molecule has 1 atom stereocenters. The smallest absolute Gasteiger partial charge is 0.223 e. The van der Waals surface area contributed by atoms with Crippen LogP contribution in [0.15, 0.2) is 53.0 Å². The minimum absolute atomic E-state index is 0.0256. The van der Waals surface area contributed by atoms with E-state index in [0.717, 1.165) is 21.3 Å². The predicted octanol–water partition coefficient (Wildman–Crippen LogP) is 3.88. The van der Waals surface area contributed by atoms with E-state index in [1.165, 1.54) is 4.31 Å². The Labute approximate surface area is 186 Å². The van der Waals surface area contributed by atoms with Crippen LogP contribution in [-0.2, 0) is 20.6 Å². The summed E-state index contributed by atoms with van der Waals surface area (Å²) in [6.45, 7) is 2.67. The molecule has 2 aromatic carbocycles. The number of amides is 1. The molecular formula is C22H27BrN2O4S. The Hall–Kier alpha value is -1.90. The number of nitrogens with one attached hydrogen (secondary N) is 1. The molecule has 3 rings (SSSR count). The highest BCUT2D eigenvalue weighted by Crippen LogP contribution is 2.24. The first-order chi connectivity index (χ1) is 14.3. The quantitative estimate of drug-likeness (QED) is 0.633. The zero-order chi connectivity index (χ0) is 21.7. The van der Waals surface area contributed by atoms with Crippen molar-refractivity contribution in [1.82, 2.24) is 9.62 Å². The normalized spacial score (nSPS) is 16.8. The van der Waals surface area contributed by atoms with E-state index in [0.29, 0.717) is 25.9 Å². The molecule has 0 bridgehead atoms. The van der Waals surface area contributed by atoms with Gasteiger partial charge in [0, 0.05) is 23.5 Å². The summed E-state index contributed by atoms with van der Waals surface area (Å²) in [7, 11) is -1.79. The molecule has 1 aliphatic heterocycles. The monoisotopic (exact) mass is 494 g/mol. The zero-order valence-corrected chi connectivity index (χ0v) is 19.6. The number of benzene rings is 2. The van der Waals surface area contributed by atoms with Gasteiger partial charge in [0.1, 0.15) is 5.75 Å². The van der Waals surface area contributed by atoms with Gasteiger partial charge in [0.2, 0.25) is 15.9 Å². The summed E-state index contributed by atoms with van der Waals surface area (Å²) in [6, 6.07) is 14.8. The predicted molar refractivity (Wildman–Crippen MR) is 121 cm³/mol. The third kappa shape index (κ3) is 5.83. The average molecular weight is 495 g/mol. The Morgan fingerprint density at radius 2 is 1.87 bits per heavy atom. The highest BCUT2D eigenvalue weighted by molar-refractivity contribution is 9.10. The average Bonchev–Trinajstić information content (AvgIpc) is 2.73. The van der Waals surface area contributed by atoms with Crippen molar-refractivity contribution < 1.29 is 17.9 Å². The SMILES string of the molecule is COc1ccc([C@H](C)NC(=O)C2CCN(S(=O)(=O)Cc3cccc(Br)c3)CC2)cc1. The fourth-order valence-electron chi connectivity index (χ4n) is 3.63. The number of methoxy groups -OCH3 is 1. The number of carbonyl (C=O) groups excluding carboxylic acids is 1. The summed E-state index contributed by atoms with van der Waals surface area (Å²) < 4.78 is 33.0. The Morgan fingerprint density at radius 1 is 1.20 bits per heavy atom. The molecule has 1 saturated heterocycles. The maximum Gasteiger partial charge on any atom is 0.223 e. The third-order valence-corrected chi connectivity index (χ3v) is 7.77. The molecule has 0 unspecified atom stereocenters. The first-order valence-corrected chi connectivity index (χ1v) is 12.4. The number of halogens is 1. The Kier molecular flexibility index (Phi) is 7.55. The minimum Gasteiger partial charge on any atom is -0.497 e. The Bertz CT molecular complexity index is 971. The van der Waals surface area contributed by atoms with Crippen LogP contribution in [0.25, 0.3) is 0 Å². The van der Waals surface area contributed by atoms with Gasteiger partial charge in [-0.25, -0.2) is 12.7 Å². The van der Waals surface area contributed by atoms with Crippen molar-refractivity contribution >= 4 is 31.9 Å². The zero-order valence-electron chi connectivity index (χ0n) is 17.2. The summed E-state index contributed by atoms with van der Waals surface area (Å²) in [5.74, 6) is 0.539. The molecule has 0 radical (unpaired) electrons. The van der Waals surface area contributed by atoms with Crippen molar-refractivity contribution in [2.75, 3.05) is 20.2 Å². The van der Waals surface area contributed by atoms with Crippen LogP contribution in [0.3, 0.4) is 0 Å². The number of hydrogen-bond donors (Lipinski definition) is 1. The standard InChI is InChI=1S/C22H27BrN2O4S/c1-16(18-6-8-21(29-2)9-7-18)24-22(26)19-10-12-25(13-11-19)30(27,28)15-17-4-3-5-20(23)14-17/h3-9,14,16,19H,10-13,15H2,1-2H3,(H,24,26)/t16-/m0/s1. The lowest BCUT2D eigenvalue weighted by atomic mass is 9.96. The van der Waals surface area contributed by atoms with Crippen LogP contribution in [0.2, 0.25) is 0 Å². The second-order valence-electron chi connectivity index (χ2n) is 7.56. The Morgan fingerprint density at radius 3 is 2.47 bits per heavy atom. The molecule has 0 saturated carbocycles. The van der Waals surface area contributed by atoms with E-state index in [1.807, 2.05) is 55.5 Å². The van der Waals surface area contributed by atoms with Gasteiger partial charge < -0.3 is 10.1 Å². The molecule has 0 aliphatic carbocycles. The molecule has 6 nitrogen and oxygen atoms in total. The highest BCUT2D eigenvalue weighted by atomic mass is 79.9. The number of rotatable bonds is 7. The van der Waals surface area contributed by atoms with Crippen molar-refractivity contribution in [3.63, 3.8) is 0 Å². The van der Waals surface area contributed by atoms with E-state index in [9.17, 15) is 13.2 Å². The maximum atomic E-state index is 12.8.